The van der Waals surface area contributed by atoms with Gasteiger partial charge in [0.25, 0.3) is 0 Å². The molecule has 22 nitrogen and oxygen atoms in total. The van der Waals surface area contributed by atoms with E-state index in [0.29, 0.717) is 43.9 Å². The first-order chi connectivity index (χ1) is 28.8. The van der Waals surface area contributed by atoms with E-state index in [0.717, 1.165) is 18.6 Å². The number of carbonyl (C=O) groups excluding carboxylic acids is 9. The zero-order chi connectivity index (χ0) is 45.6. The van der Waals surface area contributed by atoms with E-state index < -0.39 is 96.8 Å². The van der Waals surface area contributed by atoms with Gasteiger partial charge in [-0.05, 0) is 50.4 Å². The van der Waals surface area contributed by atoms with Crippen molar-refractivity contribution in [2.24, 2.45) is 23.5 Å². The number of thioether (sulfide) groups is 1. The molecule has 344 valence electrons. The molecule has 0 bridgehead atoms. The number of carboxylic acids is 1. The largest absolute Gasteiger partial charge is 0.481 e. The Morgan fingerprint density at radius 3 is 2.13 bits per heavy atom. The Morgan fingerprint density at radius 2 is 1.49 bits per heavy atom. The summed E-state index contributed by atoms with van der Waals surface area (Å²) in [6.07, 6.45) is 3.36. The maximum absolute atomic E-state index is 13.4. The molecule has 0 saturated carbocycles. The number of rotatable bonds is 29. The highest BCUT2D eigenvalue weighted by atomic mass is 32.2. The minimum Gasteiger partial charge on any atom is -0.481 e. The minimum atomic E-state index is -1.67. The predicted octanol–water partition coefficient (Wildman–Crippen LogP) is -1.75. The van der Waals surface area contributed by atoms with Gasteiger partial charge in [0.05, 0.1) is 31.6 Å². The summed E-state index contributed by atoms with van der Waals surface area (Å²) in [7, 11) is 0. The van der Waals surface area contributed by atoms with Gasteiger partial charge in [-0.25, -0.2) is 10.3 Å². The smallest absolute Gasteiger partial charge is 0.315 e. The number of carbonyl (C=O) groups is 10. The molecule has 10 amide bonds. The van der Waals surface area contributed by atoms with E-state index in [1.807, 2.05) is 25.6 Å². The van der Waals surface area contributed by atoms with E-state index in [2.05, 4.69) is 42.5 Å². The van der Waals surface area contributed by atoms with Gasteiger partial charge in [0.15, 0.2) is 0 Å². The zero-order valence-electron chi connectivity index (χ0n) is 35.3. The quantitative estimate of drug-likeness (QED) is 0.0172. The number of urea groups is 1. The molecule has 2 aliphatic rings. The van der Waals surface area contributed by atoms with Crippen LogP contribution in [0.2, 0.25) is 0 Å². The van der Waals surface area contributed by atoms with Gasteiger partial charge in [0.2, 0.25) is 47.3 Å². The van der Waals surface area contributed by atoms with E-state index in [-0.39, 0.29) is 49.2 Å². The number of amides is 10. The third-order valence-electron chi connectivity index (χ3n) is 10.4. The Hall–Kier alpha value is -5.19. The second-order valence-electron chi connectivity index (χ2n) is 15.8. The van der Waals surface area contributed by atoms with Gasteiger partial charge >= 0.3 is 12.0 Å². The van der Waals surface area contributed by atoms with Crippen molar-refractivity contribution in [2.45, 2.75) is 134 Å². The lowest BCUT2D eigenvalue weighted by Crippen LogP contribution is -2.57. The fraction of sp³-hybridized carbons (Fsp3) is 0.737. The summed E-state index contributed by atoms with van der Waals surface area (Å²) in [6, 6.07) is -3.81. The molecule has 0 aromatic heterocycles. The summed E-state index contributed by atoms with van der Waals surface area (Å²) in [6.45, 7) is 6.09. The van der Waals surface area contributed by atoms with Gasteiger partial charge in [0, 0.05) is 36.3 Å². The molecule has 13 N–H and O–H groups in total. The van der Waals surface area contributed by atoms with Gasteiger partial charge in [-0.2, -0.15) is 11.8 Å². The van der Waals surface area contributed by atoms with E-state index in [9.17, 15) is 53.1 Å². The number of hydrogen-bond donors (Lipinski definition) is 12. The Balaban J connectivity index is 1.76. The first kappa shape index (κ1) is 51.9. The Labute approximate surface area is 359 Å². The summed E-state index contributed by atoms with van der Waals surface area (Å²) in [5.74, 6) is -7.89. The average Bonchev–Trinajstić information content (AvgIpc) is 3.76. The molecule has 2 fully saturated rings. The molecule has 0 radical (unpaired) electrons. The molecule has 0 aromatic rings. The molecule has 1 unspecified atom stereocenters. The van der Waals surface area contributed by atoms with Crippen LogP contribution in [0.5, 0.6) is 0 Å². The van der Waals surface area contributed by atoms with E-state index in [1.54, 1.807) is 13.8 Å². The summed E-state index contributed by atoms with van der Waals surface area (Å²) in [5, 5.41) is 39.2. The van der Waals surface area contributed by atoms with Crippen molar-refractivity contribution in [2.75, 3.05) is 25.4 Å². The number of fused-ring (bicyclic) bond motifs is 1. The molecule has 0 spiro atoms. The topological polar surface area (TPSA) is 345 Å². The summed E-state index contributed by atoms with van der Waals surface area (Å²) >= 11 is 1.82. The number of nitrogens with one attached hydrogen (secondary N) is 9. The van der Waals surface area contributed by atoms with Gasteiger partial charge in [-0.3, -0.25) is 48.4 Å². The molecule has 0 aromatic carbocycles. The molecule has 8 atom stereocenters. The summed E-state index contributed by atoms with van der Waals surface area (Å²) < 4.78 is 0. The molecule has 2 heterocycles. The maximum Gasteiger partial charge on any atom is 0.315 e. The molecular weight excluding hydrogens is 821 g/mol. The van der Waals surface area contributed by atoms with Crippen LogP contribution in [-0.2, 0) is 43.2 Å². The minimum absolute atomic E-state index is 0.0239. The molecule has 2 rings (SSSR count). The lowest BCUT2D eigenvalue weighted by Gasteiger charge is -2.28. The van der Waals surface area contributed by atoms with Crippen molar-refractivity contribution in [1.82, 2.24) is 48.0 Å². The van der Waals surface area contributed by atoms with Crippen molar-refractivity contribution in [3.8, 4) is 0 Å². The van der Waals surface area contributed by atoms with Crippen molar-refractivity contribution in [3.05, 3.63) is 0 Å². The van der Waals surface area contributed by atoms with E-state index in [4.69, 9.17) is 10.9 Å². The van der Waals surface area contributed by atoms with Crippen molar-refractivity contribution >= 4 is 71.0 Å². The number of aliphatic carboxylic acids is 1. The highest BCUT2D eigenvalue weighted by Crippen LogP contribution is 2.33. The van der Waals surface area contributed by atoms with Crippen LogP contribution < -0.4 is 53.7 Å². The van der Waals surface area contributed by atoms with Crippen LogP contribution in [0.25, 0.3) is 0 Å². The second-order valence-corrected chi connectivity index (χ2v) is 17.1. The molecular formula is C38H64N10O12S. The molecule has 2 saturated heterocycles. The van der Waals surface area contributed by atoms with Crippen LogP contribution in [0.15, 0.2) is 0 Å². The molecule has 23 heteroatoms. The van der Waals surface area contributed by atoms with Crippen molar-refractivity contribution < 1.29 is 58.3 Å². The van der Waals surface area contributed by atoms with E-state index in [1.165, 1.54) is 5.48 Å². The predicted molar refractivity (Wildman–Crippen MR) is 221 cm³/mol. The van der Waals surface area contributed by atoms with Crippen molar-refractivity contribution in [1.29, 1.82) is 0 Å². The lowest BCUT2D eigenvalue weighted by molar-refractivity contribution is -0.141. The number of carboxylic acid groups (broad SMARTS) is 1. The molecule has 2 aliphatic heterocycles. The monoisotopic (exact) mass is 884 g/mol. The Morgan fingerprint density at radius 1 is 0.787 bits per heavy atom. The fourth-order valence-electron chi connectivity index (χ4n) is 6.87. The SMILES string of the molecule is CC[C@H](C)[C@H](NC(=O)C(CC(=O)NO)CC(C)C)C(=O)N[C@@H](CC(=O)O)C(=O)NCC(=O)NCC(=O)N[C@@H](CCCCNC(=O)CCCC[C@@H]1SC[C@@H]2NC(=O)N[C@@H]21)C(N)=O. The lowest BCUT2D eigenvalue weighted by atomic mass is 9.91. The van der Waals surface area contributed by atoms with Gasteiger partial charge in [-0.1, -0.05) is 40.5 Å². The molecule has 61 heavy (non-hydrogen) atoms. The van der Waals surface area contributed by atoms with Gasteiger partial charge < -0.3 is 53.4 Å². The first-order valence-electron chi connectivity index (χ1n) is 20.7. The maximum atomic E-state index is 13.4. The van der Waals surface area contributed by atoms with Crippen molar-refractivity contribution in [3.63, 3.8) is 0 Å². The van der Waals surface area contributed by atoms with Crippen LogP contribution in [0.4, 0.5) is 4.79 Å². The second kappa shape index (κ2) is 26.9. The number of hydroxylamine groups is 1. The first-order valence-corrected chi connectivity index (χ1v) is 21.7. The van der Waals surface area contributed by atoms with Crippen LogP contribution in [-0.4, -0.2) is 130 Å². The van der Waals surface area contributed by atoms with Crippen LogP contribution >= 0.6 is 11.8 Å². The third kappa shape index (κ3) is 19.4. The van der Waals surface area contributed by atoms with Crippen LogP contribution in [0, 0.1) is 17.8 Å². The number of hydrogen-bond acceptors (Lipinski definition) is 12. The normalized spacial score (nSPS) is 19.0. The standard InChI is InChI=1S/C38H64N10O12S/c1-5-21(4)32(46-35(56)22(14-20(2)3)15-28(50)48-60)37(58)44-24(16-31(53)54)36(57)42-17-29(51)41-18-30(52)43-23(34(39)55)10-8-9-13-40-27(49)12-7-6-11-26-33-25(19-61-26)45-38(59)47-33/h20-26,32-33,60H,5-19H2,1-4H3,(H2,39,55)(H,40,49)(H,41,51)(H,42,57)(H,43,52)(H,44,58)(H,46,56)(H,48,50)(H,53,54)(H2,45,47,59)/t21-,22?,23-,24-,25-,26-,32-,33-/m0/s1. The van der Waals surface area contributed by atoms with Gasteiger partial charge in [-0.15, -0.1) is 0 Å². The number of nitrogens with two attached hydrogens (primary N) is 1. The summed E-state index contributed by atoms with van der Waals surface area (Å²) in [4.78, 5) is 124. The number of unbranched alkanes of at least 4 members (excludes halogenated alkanes) is 2. The zero-order valence-corrected chi connectivity index (χ0v) is 36.1. The Kier molecular flexibility index (Phi) is 22.9. The van der Waals surface area contributed by atoms with Crippen LogP contribution in [0.3, 0.4) is 0 Å². The average molecular weight is 885 g/mol. The number of primary amides is 1. The van der Waals surface area contributed by atoms with Gasteiger partial charge in [0.1, 0.15) is 18.1 Å². The summed E-state index contributed by atoms with van der Waals surface area (Å²) in [5.41, 5.74) is 6.93. The third-order valence-corrected chi connectivity index (χ3v) is 11.9. The van der Waals surface area contributed by atoms with Crippen LogP contribution in [0.1, 0.15) is 98.3 Å². The fourth-order valence-corrected chi connectivity index (χ4v) is 8.41. The molecule has 0 aliphatic carbocycles. The highest BCUT2D eigenvalue weighted by Gasteiger charge is 2.42. The van der Waals surface area contributed by atoms with E-state index >= 15 is 0 Å². The highest BCUT2D eigenvalue weighted by molar-refractivity contribution is 8.00. The Bertz CT molecular complexity index is 1570.